The molecule has 0 bridgehead atoms. The first-order valence-corrected chi connectivity index (χ1v) is 7.81. The second-order valence-corrected chi connectivity index (χ2v) is 6.46. The van der Waals surface area contributed by atoms with Crippen LogP contribution in [0.4, 0.5) is 0 Å². The summed E-state index contributed by atoms with van der Waals surface area (Å²) in [5.74, 6) is -1.11. The third-order valence-corrected chi connectivity index (χ3v) is 4.53. The molecule has 1 unspecified atom stereocenters. The van der Waals surface area contributed by atoms with Crippen molar-refractivity contribution in [1.29, 1.82) is 0 Å². The van der Waals surface area contributed by atoms with Gasteiger partial charge in [0.2, 0.25) is 21.8 Å². The maximum Gasteiger partial charge on any atom is 0.244 e. The van der Waals surface area contributed by atoms with Crippen LogP contribution in [0.5, 0.6) is 0 Å². The number of thiocarbonyl (C=S) groups is 1. The molecule has 21 heavy (non-hydrogen) atoms. The lowest BCUT2D eigenvalue weighted by atomic mass is 10.1. The first-order valence-electron chi connectivity index (χ1n) is 5.92. The molecule has 1 atom stereocenters. The monoisotopic (exact) mass is 328 g/mol. The van der Waals surface area contributed by atoms with Crippen molar-refractivity contribution < 1.29 is 18.0 Å². The number of piperidine rings is 1. The molecule has 1 saturated heterocycles. The minimum atomic E-state index is -4.04. The van der Waals surface area contributed by atoms with E-state index in [1.165, 1.54) is 18.3 Å². The Morgan fingerprint density at radius 3 is 2.81 bits per heavy atom. The molecule has 0 radical (unpaired) electrons. The molecule has 112 valence electrons. The van der Waals surface area contributed by atoms with Gasteiger partial charge in [0.15, 0.2) is 0 Å². The topological polar surface area (TPSA) is 131 Å². The molecular weight excluding hydrogens is 316 g/mol. The van der Waals surface area contributed by atoms with Gasteiger partial charge in [-0.2, -0.15) is 4.72 Å². The average molecular weight is 328 g/mol. The number of nitrogens with zero attached hydrogens (tertiary/aromatic N) is 1. The summed E-state index contributed by atoms with van der Waals surface area (Å²) in [5, 5.41) is 2.07. The van der Waals surface area contributed by atoms with E-state index >= 15 is 0 Å². The van der Waals surface area contributed by atoms with E-state index in [1.54, 1.807) is 0 Å². The Morgan fingerprint density at radius 2 is 2.19 bits per heavy atom. The van der Waals surface area contributed by atoms with Crippen molar-refractivity contribution in [3.8, 4) is 0 Å². The van der Waals surface area contributed by atoms with Crippen molar-refractivity contribution in [3.05, 3.63) is 24.0 Å². The van der Waals surface area contributed by atoms with E-state index in [0.29, 0.717) is 0 Å². The third kappa shape index (κ3) is 3.40. The quantitative estimate of drug-likeness (QED) is 0.467. The van der Waals surface area contributed by atoms with Crippen LogP contribution in [0, 0.1) is 0 Å². The molecule has 0 spiro atoms. The summed E-state index contributed by atoms with van der Waals surface area (Å²) in [6, 6.07) is 1.68. The van der Waals surface area contributed by atoms with Gasteiger partial charge in [-0.25, -0.2) is 8.42 Å². The molecule has 0 aliphatic carbocycles. The SMILES string of the molecule is NC(=S)c1ncccc1S(=O)(=O)NC1CCC(=O)NC1=O. The number of carbonyl (C=O) groups is 2. The third-order valence-electron chi connectivity index (χ3n) is 2.83. The van der Waals surface area contributed by atoms with Crippen LogP contribution in [0.1, 0.15) is 18.5 Å². The molecule has 1 aromatic rings. The second kappa shape index (κ2) is 5.84. The molecule has 1 fully saturated rings. The number of rotatable bonds is 4. The van der Waals surface area contributed by atoms with Crippen LogP contribution in [-0.2, 0) is 19.6 Å². The van der Waals surface area contributed by atoms with E-state index in [0.717, 1.165) is 0 Å². The molecule has 2 heterocycles. The van der Waals surface area contributed by atoms with Crippen LogP contribution in [0.25, 0.3) is 0 Å². The molecular formula is C11H12N4O4S2. The Labute approximate surface area is 126 Å². The second-order valence-electron chi connectivity index (χ2n) is 4.34. The highest BCUT2D eigenvalue weighted by Gasteiger charge is 2.32. The normalized spacial score (nSPS) is 19.1. The van der Waals surface area contributed by atoms with Gasteiger partial charge in [0.05, 0.1) is 0 Å². The van der Waals surface area contributed by atoms with E-state index in [9.17, 15) is 18.0 Å². The van der Waals surface area contributed by atoms with Crippen molar-refractivity contribution in [3.63, 3.8) is 0 Å². The first kappa shape index (κ1) is 15.5. The predicted molar refractivity (Wildman–Crippen MR) is 76.6 cm³/mol. The van der Waals surface area contributed by atoms with Crippen LogP contribution in [0.3, 0.4) is 0 Å². The van der Waals surface area contributed by atoms with E-state index < -0.39 is 27.9 Å². The van der Waals surface area contributed by atoms with Crippen molar-refractivity contribution in [2.75, 3.05) is 0 Å². The molecule has 2 rings (SSSR count). The van der Waals surface area contributed by atoms with E-state index in [4.69, 9.17) is 18.0 Å². The Bertz CT molecular complexity index is 717. The van der Waals surface area contributed by atoms with Crippen LogP contribution < -0.4 is 15.8 Å². The number of carbonyl (C=O) groups excluding carboxylic acids is 2. The number of nitrogens with two attached hydrogens (primary N) is 1. The number of hydrogen-bond donors (Lipinski definition) is 3. The van der Waals surface area contributed by atoms with Crippen molar-refractivity contribution in [2.45, 2.75) is 23.8 Å². The standard InChI is InChI=1S/C11H12N4O4S2/c12-10(20)9-7(2-1-5-13-9)21(18,19)15-6-3-4-8(16)14-11(6)17/h1-2,5-6,15H,3-4H2,(H2,12,20)(H,14,16,17). The van der Waals surface area contributed by atoms with Crippen molar-refractivity contribution >= 4 is 39.0 Å². The number of aromatic nitrogens is 1. The first-order chi connectivity index (χ1) is 9.81. The predicted octanol–water partition coefficient (Wildman–Crippen LogP) is -1.20. The number of hydrogen-bond acceptors (Lipinski definition) is 6. The molecule has 1 aliphatic rings. The Morgan fingerprint density at radius 1 is 1.48 bits per heavy atom. The van der Waals surface area contributed by atoms with Gasteiger partial charge in [0.25, 0.3) is 0 Å². The number of nitrogens with one attached hydrogen (secondary N) is 2. The summed E-state index contributed by atoms with van der Waals surface area (Å²) in [6.07, 6.45) is 1.51. The van der Waals surface area contributed by atoms with Crippen LogP contribution >= 0.6 is 12.2 Å². The minimum Gasteiger partial charge on any atom is -0.388 e. The summed E-state index contributed by atoms with van der Waals surface area (Å²) >= 11 is 4.76. The molecule has 4 N–H and O–H groups in total. The van der Waals surface area contributed by atoms with E-state index in [2.05, 4.69) is 15.0 Å². The Kier molecular flexibility index (Phi) is 4.30. The van der Waals surface area contributed by atoms with Gasteiger partial charge >= 0.3 is 0 Å². The molecule has 0 saturated carbocycles. The lowest BCUT2D eigenvalue weighted by Crippen LogP contribution is -2.52. The Hall–Kier alpha value is -1.91. The number of imide groups is 1. The summed E-state index contributed by atoms with van der Waals surface area (Å²) in [5.41, 5.74) is 5.39. The molecule has 8 nitrogen and oxygen atoms in total. The van der Waals surface area contributed by atoms with Gasteiger partial charge in [-0.1, -0.05) is 12.2 Å². The molecule has 2 amide bonds. The van der Waals surface area contributed by atoms with Gasteiger partial charge in [-0.3, -0.25) is 19.9 Å². The highest BCUT2D eigenvalue weighted by atomic mass is 32.2. The molecule has 1 aliphatic heterocycles. The zero-order chi connectivity index (χ0) is 15.6. The fourth-order valence-corrected chi connectivity index (χ4v) is 3.48. The number of pyridine rings is 1. The van der Waals surface area contributed by atoms with Crippen LogP contribution in [0.2, 0.25) is 0 Å². The van der Waals surface area contributed by atoms with E-state index in [1.807, 2.05) is 0 Å². The zero-order valence-corrected chi connectivity index (χ0v) is 12.3. The summed E-state index contributed by atoms with van der Waals surface area (Å²) < 4.78 is 26.9. The minimum absolute atomic E-state index is 0.0488. The van der Waals surface area contributed by atoms with Crippen LogP contribution in [0.15, 0.2) is 23.2 Å². The zero-order valence-electron chi connectivity index (χ0n) is 10.7. The van der Waals surface area contributed by atoms with Crippen LogP contribution in [-0.4, -0.2) is 36.2 Å². The van der Waals surface area contributed by atoms with Crippen molar-refractivity contribution in [2.24, 2.45) is 5.73 Å². The van der Waals surface area contributed by atoms with Gasteiger partial charge in [0, 0.05) is 12.6 Å². The maximum absolute atomic E-state index is 12.3. The summed E-state index contributed by atoms with van der Waals surface area (Å²) in [7, 11) is -4.04. The van der Waals surface area contributed by atoms with Gasteiger partial charge in [-0.05, 0) is 18.6 Å². The summed E-state index contributed by atoms with van der Waals surface area (Å²) in [6.45, 7) is 0. The van der Waals surface area contributed by atoms with Gasteiger partial charge < -0.3 is 5.73 Å². The lowest BCUT2D eigenvalue weighted by molar-refractivity contribution is -0.134. The fraction of sp³-hybridized carbons (Fsp3) is 0.273. The van der Waals surface area contributed by atoms with E-state index in [-0.39, 0.29) is 28.4 Å². The maximum atomic E-state index is 12.3. The van der Waals surface area contributed by atoms with Gasteiger partial charge in [-0.15, -0.1) is 0 Å². The van der Waals surface area contributed by atoms with Gasteiger partial charge in [0.1, 0.15) is 21.6 Å². The lowest BCUT2D eigenvalue weighted by Gasteiger charge is -2.22. The Balaban J connectivity index is 2.29. The highest BCUT2D eigenvalue weighted by Crippen LogP contribution is 2.15. The average Bonchev–Trinajstić information content (AvgIpc) is 2.42. The fourth-order valence-electron chi connectivity index (χ4n) is 1.85. The molecule has 10 heteroatoms. The largest absolute Gasteiger partial charge is 0.388 e. The van der Waals surface area contributed by atoms with Crippen molar-refractivity contribution in [1.82, 2.24) is 15.0 Å². The summed E-state index contributed by atoms with van der Waals surface area (Å²) in [4.78, 5) is 26.1. The molecule has 1 aromatic heterocycles. The smallest absolute Gasteiger partial charge is 0.244 e. The number of sulfonamides is 1. The number of amides is 2. The molecule has 0 aromatic carbocycles. The highest BCUT2D eigenvalue weighted by molar-refractivity contribution is 7.89.